The summed E-state index contributed by atoms with van der Waals surface area (Å²) in [6.45, 7) is 3.85. The number of carbonyl (C=O) groups is 1. The monoisotopic (exact) mass is 480 g/mol. The quantitative estimate of drug-likeness (QED) is 0.241. The molecule has 11 heteroatoms. The van der Waals surface area contributed by atoms with E-state index in [4.69, 9.17) is 28.5 Å². The molecule has 5 rings (SSSR count). The third kappa shape index (κ3) is 3.59. The van der Waals surface area contributed by atoms with E-state index in [1.54, 1.807) is 23.6 Å². The van der Waals surface area contributed by atoms with E-state index in [2.05, 4.69) is 10.2 Å². The van der Waals surface area contributed by atoms with Crippen molar-refractivity contribution in [3.8, 4) is 39.4 Å². The van der Waals surface area contributed by atoms with Crippen LogP contribution >= 0.6 is 11.3 Å². The predicted molar refractivity (Wildman–Crippen MR) is 125 cm³/mol. The van der Waals surface area contributed by atoms with E-state index >= 15 is 0 Å². The molecule has 0 radical (unpaired) electrons. The average molecular weight is 481 g/mol. The van der Waals surface area contributed by atoms with Gasteiger partial charge in [-0.05, 0) is 32.0 Å². The fourth-order valence-electron chi connectivity index (χ4n) is 3.60. The molecule has 0 atom stereocenters. The van der Waals surface area contributed by atoms with Gasteiger partial charge in [-0.25, -0.2) is 4.79 Å². The molecule has 2 aromatic carbocycles. The van der Waals surface area contributed by atoms with E-state index in [0.717, 1.165) is 16.5 Å². The minimum absolute atomic E-state index is 0.119. The highest BCUT2D eigenvalue weighted by Gasteiger charge is 2.23. The van der Waals surface area contributed by atoms with Gasteiger partial charge in [0.05, 0.1) is 20.8 Å². The van der Waals surface area contributed by atoms with Crippen molar-refractivity contribution in [3.63, 3.8) is 0 Å². The first-order chi connectivity index (χ1) is 16.5. The van der Waals surface area contributed by atoms with Crippen LogP contribution in [0.25, 0.3) is 38.1 Å². The van der Waals surface area contributed by atoms with Crippen molar-refractivity contribution in [1.82, 2.24) is 19.8 Å². The van der Waals surface area contributed by atoms with Gasteiger partial charge >= 0.3 is 6.16 Å². The Morgan fingerprint density at radius 2 is 1.85 bits per heavy atom. The molecule has 5 aromatic rings. The number of aromatic nitrogens is 4. The summed E-state index contributed by atoms with van der Waals surface area (Å²) in [7, 11) is 2.94. The van der Waals surface area contributed by atoms with Gasteiger partial charge in [-0.2, -0.15) is 9.61 Å². The highest BCUT2D eigenvalue weighted by molar-refractivity contribution is 7.19. The summed E-state index contributed by atoms with van der Waals surface area (Å²) in [6, 6.07) is 11.2. The molecule has 0 aliphatic heterocycles. The molecule has 34 heavy (non-hydrogen) atoms. The highest BCUT2D eigenvalue weighted by Crippen LogP contribution is 2.43. The van der Waals surface area contributed by atoms with Gasteiger partial charge in [-0.3, -0.25) is 0 Å². The van der Waals surface area contributed by atoms with E-state index in [1.807, 2.05) is 31.2 Å². The van der Waals surface area contributed by atoms with Gasteiger partial charge in [0.2, 0.25) is 16.5 Å². The molecule has 0 fully saturated rings. The molecule has 3 aromatic heterocycles. The Hall–Kier alpha value is -4.12. The van der Waals surface area contributed by atoms with Crippen LogP contribution in [-0.2, 0) is 4.74 Å². The Labute approximate surface area is 197 Å². The van der Waals surface area contributed by atoms with Crippen LogP contribution in [0.2, 0.25) is 0 Å². The lowest BCUT2D eigenvalue weighted by atomic mass is 10.1. The second kappa shape index (κ2) is 8.67. The summed E-state index contributed by atoms with van der Waals surface area (Å²) in [4.78, 5) is 12.4. The van der Waals surface area contributed by atoms with E-state index in [-0.39, 0.29) is 12.4 Å². The molecule has 0 amide bonds. The number of hydrogen-bond donors (Lipinski definition) is 0. The van der Waals surface area contributed by atoms with Crippen LogP contribution in [0.15, 0.2) is 40.8 Å². The van der Waals surface area contributed by atoms with Crippen molar-refractivity contribution in [1.29, 1.82) is 0 Å². The molecule has 0 saturated heterocycles. The fraction of sp³-hybridized carbons (Fsp3) is 0.217. The number of hydrogen-bond acceptors (Lipinski definition) is 10. The number of aryl methyl sites for hydroxylation is 1. The van der Waals surface area contributed by atoms with E-state index in [9.17, 15) is 4.79 Å². The molecule has 0 unspecified atom stereocenters. The zero-order chi connectivity index (χ0) is 23.8. The number of methoxy groups -OCH3 is 2. The van der Waals surface area contributed by atoms with Crippen LogP contribution in [0.4, 0.5) is 4.79 Å². The summed E-state index contributed by atoms with van der Waals surface area (Å²) in [6.07, 6.45) is -0.850. The van der Waals surface area contributed by atoms with Gasteiger partial charge in [-0.15, -0.1) is 10.2 Å². The Morgan fingerprint density at radius 3 is 2.53 bits per heavy atom. The molecule has 0 spiro atoms. The zero-order valence-electron chi connectivity index (χ0n) is 18.8. The summed E-state index contributed by atoms with van der Waals surface area (Å²) in [5, 5.41) is 14.9. The number of nitrogens with zero attached hydrogens (tertiary/aromatic N) is 4. The summed E-state index contributed by atoms with van der Waals surface area (Å²) < 4.78 is 28.7. The Bertz CT molecular complexity index is 1490. The van der Waals surface area contributed by atoms with Gasteiger partial charge in [0.25, 0.3) is 0 Å². The average Bonchev–Trinajstić information content (AvgIpc) is 3.52. The van der Waals surface area contributed by atoms with Gasteiger partial charge in [0.1, 0.15) is 10.6 Å². The molecular formula is C23H20N4O6S. The third-order valence-electron chi connectivity index (χ3n) is 5.19. The second-order valence-corrected chi connectivity index (χ2v) is 8.13. The van der Waals surface area contributed by atoms with Gasteiger partial charge in [0.15, 0.2) is 17.3 Å². The maximum Gasteiger partial charge on any atom is 0.514 e. The first-order valence-corrected chi connectivity index (χ1v) is 11.2. The van der Waals surface area contributed by atoms with Crippen molar-refractivity contribution in [2.45, 2.75) is 13.8 Å². The molecular weight excluding hydrogens is 460 g/mol. The fourth-order valence-corrected chi connectivity index (χ4v) is 4.42. The topological polar surface area (TPSA) is 110 Å². The standard InChI is InChI=1S/C23H20N4O6S/c1-5-31-23(28)33-19-16(29-3)10-13(11-17(19)30-4)21-26-27-20(24-25-22(27)34-21)18-12(2)14-8-6-7-9-15(14)32-18/h6-11H,5H2,1-4H3. The predicted octanol–water partition coefficient (Wildman–Crippen LogP) is 5.13. The third-order valence-corrected chi connectivity index (χ3v) is 6.14. The normalized spacial score (nSPS) is 11.2. The van der Waals surface area contributed by atoms with E-state index in [0.29, 0.717) is 38.6 Å². The lowest BCUT2D eigenvalue weighted by Gasteiger charge is -2.14. The Balaban J connectivity index is 1.58. The SMILES string of the molecule is CCOC(=O)Oc1c(OC)cc(-c2nn3c(-c4oc5ccccc5c4C)nnc3s2)cc1OC. The molecule has 0 bridgehead atoms. The lowest BCUT2D eigenvalue weighted by molar-refractivity contribution is 0.102. The lowest BCUT2D eigenvalue weighted by Crippen LogP contribution is -2.11. The largest absolute Gasteiger partial charge is 0.514 e. The summed E-state index contributed by atoms with van der Waals surface area (Å²) in [5.41, 5.74) is 2.42. The molecule has 10 nitrogen and oxygen atoms in total. The zero-order valence-corrected chi connectivity index (χ0v) is 19.6. The van der Waals surface area contributed by atoms with Crippen LogP contribution in [-0.4, -0.2) is 46.8 Å². The van der Waals surface area contributed by atoms with Crippen LogP contribution in [0.3, 0.4) is 0 Å². The molecule has 0 saturated carbocycles. The Morgan fingerprint density at radius 1 is 1.12 bits per heavy atom. The van der Waals surface area contributed by atoms with Gasteiger partial charge < -0.3 is 23.4 Å². The van der Waals surface area contributed by atoms with Crippen LogP contribution in [0.5, 0.6) is 17.2 Å². The maximum atomic E-state index is 11.9. The van der Waals surface area contributed by atoms with Crippen molar-refractivity contribution in [2.24, 2.45) is 0 Å². The number of ether oxygens (including phenoxy) is 4. The van der Waals surface area contributed by atoms with Crippen molar-refractivity contribution in [2.75, 3.05) is 20.8 Å². The number of furan rings is 1. The number of carbonyl (C=O) groups excluding carboxylic acids is 1. The number of fused-ring (bicyclic) bond motifs is 2. The second-order valence-electron chi connectivity index (χ2n) is 7.17. The van der Waals surface area contributed by atoms with Gasteiger partial charge in [0, 0.05) is 16.5 Å². The van der Waals surface area contributed by atoms with E-state index < -0.39 is 6.16 Å². The molecule has 3 heterocycles. The van der Waals surface area contributed by atoms with E-state index in [1.165, 1.54) is 25.6 Å². The first kappa shape index (κ1) is 21.7. The molecule has 0 aliphatic carbocycles. The number of benzene rings is 2. The molecule has 0 N–H and O–H groups in total. The molecule has 0 aliphatic rings. The minimum Gasteiger partial charge on any atom is -0.493 e. The van der Waals surface area contributed by atoms with Crippen molar-refractivity contribution < 1.29 is 28.2 Å². The molecule has 174 valence electrons. The van der Waals surface area contributed by atoms with Crippen LogP contribution in [0, 0.1) is 6.92 Å². The van der Waals surface area contributed by atoms with Crippen LogP contribution < -0.4 is 14.2 Å². The smallest absolute Gasteiger partial charge is 0.493 e. The van der Waals surface area contributed by atoms with Gasteiger partial charge in [-0.1, -0.05) is 29.5 Å². The first-order valence-electron chi connectivity index (χ1n) is 10.4. The minimum atomic E-state index is -0.850. The highest BCUT2D eigenvalue weighted by atomic mass is 32.1. The number of para-hydroxylation sites is 1. The Kier molecular flexibility index (Phi) is 5.54. The summed E-state index contributed by atoms with van der Waals surface area (Å²) in [5.74, 6) is 1.82. The van der Waals surface area contributed by atoms with Crippen LogP contribution in [0.1, 0.15) is 12.5 Å². The summed E-state index contributed by atoms with van der Waals surface area (Å²) >= 11 is 1.34. The number of rotatable bonds is 6. The van der Waals surface area contributed by atoms with Crippen molar-refractivity contribution in [3.05, 3.63) is 42.0 Å². The maximum absolute atomic E-state index is 11.9. The van der Waals surface area contributed by atoms with Crippen molar-refractivity contribution >= 4 is 33.4 Å².